The molecular weight excluding hydrogens is 264 g/mol. The number of hydrogen-bond acceptors (Lipinski definition) is 3. The zero-order valence-corrected chi connectivity index (χ0v) is 12.2. The van der Waals surface area contributed by atoms with Gasteiger partial charge in [-0.25, -0.2) is 0 Å². The molecule has 0 saturated heterocycles. The average molecular weight is 285 g/mol. The molecule has 0 N–H and O–H groups in total. The summed E-state index contributed by atoms with van der Waals surface area (Å²) in [4.78, 5) is 0. The lowest BCUT2D eigenvalue weighted by Crippen LogP contribution is -2.52. The van der Waals surface area contributed by atoms with Crippen molar-refractivity contribution in [3.63, 3.8) is 0 Å². The predicted molar refractivity (Wildman–Crippen MR) is 76.1 cm³/mol. The second kappa shape index (κ2) is 7.13. The van der Waals surface area contributed by atoms with Gasteiger partial charge in [-0.1, -0.05) is 12.1 Å². The van der Waals surface area contributed by atoms with Crippen molar-refractivity contribution >= 4 is 11.6 Å². The number of rotatable bonds is 7. The predicted octanol–water partition coefficient (Wildman–Crippen LogP) is 3.04. The van der Waals surface area contributed by atoms with Crippen molar-refractivity contribution < 1.29 is 14.2 Å². The van der Waals surface area contributed by atoms with Crippen molar-refractivity contribution in [2.75, 3.05) is 20.3 Å². The minimum Gasteiger partial charge on any atom is -0.488 e. The molecule has 2 rings (SSSR count). The summed E-state index contributed by atoms with van der Waals surface area (Å²) < 4.78 is 16.5. The summed E-state index contributed by atoms with van der Waals surface area (Å²) in [7, 11) is 1.71. The Balaban J connectivity index is 1.86. The number of ether oxygens (including phenoxy) is 3. The lowest BCUT2D eigenvalue weighted by atomic mass is 9.91. The molecule has 0 spiro atoms. The maximum Gasteiger partial charge on any atom is 0.128 e. The largest absolute Gasteiger partial charge is 0.488 e. The van der Waals surface area contributed by atoms with E-state index in [4.69, 9.17) is 25.8 Å². The van der Waals surface area contributed by atoms with E-state index in [9.17, 15) is 0 Å². The number of halogens is 1. The van der Waals surface area contributed by atoms with Gasteiger partial charge in [-0.3, -0.25) is 0 Å². The molecule has 0 heterocycles. The van der Waals surface area contributed by atoms with Crippen LogP contribution in [0.2, 0.25) is 0 Å². The number of methoxy groups -OCH3 is 1. The van der Waals surface area contributed by atoms with Crippen molar-refractivity contribution in [2.24, 2.45) is 0 Å². The third kappa shape index (κ3) is 3.85. The topological polar surface area (TPSA) is 27.7 Å². The first-order chi connectivity index (χ1) is 9.24. The van der Waals surface area contributed by atoms with Crippen molar-refractivity contribution in [3.05, 3.63) is 29.8 Å². The van der Waals surface area contributed by atoms with E-state index in [1.165, 1.54) is 5.56 Å². The molecule has 1 fully saturated rings. The molecule has 19 heavy (non-hydrogen) atoms. The molecule has 0 aliphatic heterocycles. The van der Waals surface area contributed by atoms with Crippen LogP contribution < -0.4 is 4.74 Å². The van der Waals surface area contributed by atoms with Crippen molar-refractivity contribution in [2.45, 2.75) is 37.4 Å². The van der Waals surface area contributed by atoms with E-state index in [2.05, 4.69) is 12.1 Å². The highest BCUT2D eigenvalue weighted by Crippen LogP contribution is 2.33. The van der Waals surface area contributed by atoms with Gasteiger partial charge in [-0.2, -0.15) is 0 Å². The highest BCUT2D eigenvalue weighted by molar-refractivity contribution is 6.21. The van der Waals surface area contributed by atoms with Crippen LogP contribution in [-0.2, 0) is 15.9 Å². The molecule has 3 nitrogen and oxygen atoms in total. The Kier molecular flexibility index (Phi) is 5.49. The Labute approximate surface area is 119 Å². The first-order valence-electron chi connectivity index (χ1n) is 6.74. The molecule has 1 saturated carbocycles. The zero-order valence-electron chi connectivity index (χ0n) is 11.5. The van der Waals surface area contributed by atoms with E-state index in [1.807, 2.05) is 19.1 Å². The van der Waals surface area contributed by atoms with Crippen LogP contribution in [0.3, 0.4) is 0 Å². The number of alkyl halides is 1. The molecule has 1 aliphatic rings. The fraction of sp³-hybridized carbons (Fsp3) is 0.600. The number of benzene rings is 1. The SMILES string of the molecule is CCOC1C(Cl)CC1Oc1ccc(CCOC)cc1. The fourth-order valence-corrected chi connectivity index (χ4v) is 2.59. The quantitative estimate of drug-likeness (QED) is 0.720. The Morgan fingerprint density at radius 3 is 2.58 bits per heavy atom. The van der Waals surface area contributed by atoms with Gasteiger partial charge in [0.1, 0.15) is 18.0 Å². The van der Waals surface area contributed by atoms with Crippen LogP contribution in [0.1, 0.15) is 18.9 Å². The Hall–Kier alpha value is -0.770. The van der Waals surface area contributed by atoms with E-state index in [1.54, 1.807) is 7.11 Å². The number of hydrogen-bond donors (Lipinski definition) is 0. The van der Waals surface area contributed by atoms with Crippen LogP contribution in [0.4, 0.5) is 0 Å². The molecule has 3 atom stereocenters. The monoisotopic (exact) mass is 284 g/mol. The second-order valence-electron chi connectivity index (χ2n) is 4.71. The molecule has 0 aromatic heterocycles. The van der Waals surface area contributed by atoms with Crippen LogP contribution in [0.25, 0.3) is 0 Å². The summed E-state index contributed by atoms with van der Waals surface area (Å²) >= 11 is 6.12. The zero-order chi connectivity index (χ0) is 13.7. The molecule has 0 amide bonds. The second-order valence-corrected chi connectivity index (χ2v) is 5.28. The highest BCUT2D eigenvalue weighted by atomic mass is 35.5. The Morgan fingerprint density at radius 1 is 1.26 bits per heavy atom. The van der Waals surface area contributed by atoms with Gasteiger partial charge in [-0.15, -0.1) is 11.6 Å². The molecule has 1 aromatic carbocycles. The van der Waals surface area contributed by atoms with Gasteiger partial charge in [0, 0.05) is 20.1 Å². The van der Waals surface area contributed by atoms with E-state index in [0.29, 0.717) is 6.61 Å². The summed E-state index contributed by atoms with van der Waals surface area (Å²) in [5, 5.41) is 0.0749. The molecule has 0 radical (unpaired) electrons. The Bertz CT molecular complexity index is 379. The highest BCUT2D eigenvalue weighted by Gasteiger charge is 2.42. The molecule has 1 aromatic rings. The van der Waals surface area contributed by atoms with Crippen LogP contribution in [0, 0.1) is 0 Å². The lowest BCUT2D eigenvalue weighted by Gasteiger charge is -2.40. The van der Waals surface area contributed by atoms with Crippen molar-refractivity contribution in [1.82, 2.24) is 0 Å². The summed E-state index contributed by atoms with van der Waals surface area (Å²) in [6, 6.07) is 8.13. The summed E-state index contributed by atoms with van der Waals surface area (Å²) in [6.07, 6.45) is 1.86. The van der Waals surface area contributed by atoms with E-state index in [0.717, 1.165) is 25.2 Å². The van der Waals surface area contributed by atoms with Crippen LogP contribution in [-0.4, -0.2) is 37.9 Å². The fourth-order valence-electron chi connectivity index (χ4n) is 2.18. The smallest absolute Gasteiger partial charge is 0.128 e. The summed E-state index contributed by atoms with van der Waals surface area (Å²) in [6.45, 7) is 3.39. The normalized spacial score (nSPS) is 25.9. The van der Waals surface area contributed by atoms with E-state index in [-0.39, 0.29) is 17.6 Å². The summed E-state index contributed by atoms with van der Waals surface area (Å²) in [5.41, 5.74) is 1.25. The standard InChI is InChI=1S/C15H21ClO3/c1-3-18-15-13(16)10-14(15)19-12-6-4-11(5-7-12)8-9-17-2/h4-7,13-15H,3,8-10H2,1-2H3. The van der Waals surface area contributed by atoms with Gasteiger partial charge in [-0.05, 0) is 31.0 Å². The minimum absolute atomic E-state index is 0.0137. The first-order valence-corrected chi connectivity index (χ1v) is 7.18. The molecule has 106 valence electrons. The first kappa shape index (κ1) is 14.6. The van der Waals surface area contributed by atoms with E-state index < -0.39 is 0 Å². The molecule has 1 aliphatic carbocycles. The third-order valence-electron chi connectivity index (χ3n) is 3.35. The lowest BCUT2D eigenvalue weighted by molar-refractivity contribution is -0.0759. The molecular formula is C15H21ClO3. The summed E-state index contributed by atoms with van der Waals surface area (Å²) in [5.74, 6) is 0.874. The Morgan fingerprint density at radius 2 is 2.00 bits per heavy atom. The van der Waals surface area contributed by atoms with Crippen LogP contribution >= 0.6 is 11.6 Å². The average Bonchev–Trinajstić information content (AvgIpc) is 2.43. The molecule has 4 heteroatoms. The molecule has 3 unspecified atom stereocenters. The third-order valence-corrected chi connectivity index (χ3v) is 3.77. The van der Waals surface area contributed by atoms with E-state index >= 15 is 0 Å². The van der Waals surface area contributed by atoms with Gasteiger partial charge < -0.3 is 14.2 Å². The van der Waals surface area contributed by atoms with Gasteiger partial charge in [0.05, 0.1) is 12.0 Å². The van der Waals surface area contributed by atoms with Gasteiger partial charge in [0.15, 0.2) is 0 Å². The van der Waals surface area contributed by atoms with Crippen molar-refractivity contribution in [1.29, 1.82) is 0 Å². The van der Waals surface area contributed by atoms with Gasteiger partial charge in [0.25, 0.3) is 0 Å². The van der Waals surface area contributed by atoms with Gasteiger partial charge >= 0.3 is 0 Å². The maximum absolute atomic E-state index is 6.12. The van der Waals surface area contributed by atoms with Crippen LogP contribution in [0.15, 0.2) is 24.3 Å². The van der Waals surface area contributed by atoms with Crippen molar-refractivity contribution in [3.8, 4) is 5.75 Å². The van der Waals surface area contributed by atoms with Gasteiger partial charge in [0.2, 0.25) is 0 Å². The maximum atomic E-state index is 6.12. The molecule has 0 bridgehead atoms. The minimum atomic E-state index is 0.0137. The van der Waals surface area contributed by atoms with Crippen LogP contribution in [0.5, 0.6) is 5.75 Å².